The molecule has 19 heavy (non-hydrogen) atoms. The Labute approximate surface area is 113 Å². The average Bonchev–Trinajstić information content (AvgIpc) is 2.62. The summed E-state index contributed by atoms with van der Waals surface area (Å²) in [6, 6.07) is 5.06. The Hall–Kier alpha value is -1.75. The third-order valence-electron chi connectivity index (χ3n) is 3.33. The Bertz CT molecular complexity index is 448. The standard InChI is InChI=1S/C14H20N2O3/c1-19-13-8-10(5-6-12(13)17)9-16-11-4-2-3-7-15-14(11)18/h5-6,8,11,16-17H,2-4,7,9H2,1H3,(H,15,18). The molecule has 0 spiro atoms. The van der Waals surface area contributed by atoms with Gasteiger partial charge in [0.25, 0.3) is 0 Å². The molecule has 3 N–H and O–H groups in total. The van der Waals surface area contributed by atoms with Gasteiger partial charge in [-0.25, -0.2) is 0 Å². The first-order valence-corrected chi connectivity index (χ1v) is 6.57. The lowest BCUT2D eigenvalue weighted by molar-refractivity contribution is -0.122. The predicted molar refractivity (Wildman–Crippen MR) is 72.1 cm³/mol. The number of aromatic hydroxyl groups is 1. The molecule has 1 atom stereocenters. The van der Waals surface area contributed by atoms with Gasteiger partial charge in [0.2, 0.25) is 5.91 Å². The number of hydrogen-bond donors (Lipinski definition) is 3. The summed E-state index contributed by atoms with van der Waals surface area (Å²) in [5.41, 5.74) is 0.978. The third-order valence-corrected chi connectivity index (χ3v) is 3.33. The second-order valence-corrected chi connectivity index (χ2v) is 4.73. The monoisotopic (exact) mass is 264 g/mol. The quantitative estimate of drug-likeness (QED) is 0.763. The van der Waals surface area contributed by atoms with Crippen molar-refractivity contribution in [3.8, 4) is 11.5 Å². The summed E-state index contributed by atoms with van der Waals surface area (Å²) >= 11 is 0. The minimum absolute atomic E-state index is 0.0724. The van der Waals surface area contributed by atoms with Crippen LogP contribution in [-0.4, -0.2) is 30.7 Å². The molecule has 1 saturated heterocycles. The lowest BCUT2D eigenvalue weighted by Gasteiger charge is -2.15. The van der Waals surface area contributed by atoms with Crippen molar-refractivity contribution in [2.45, 2.75) is 31.8 Å². The number of carbonyl (C=O) groups excluding carboxylic acids is 1. The Morgan fingerprint density at radius 2 is 2.32 bits per heavy atom. The third kappa shape index (κ3) is 3.61. The Kier molecular flexibility index (Phi) is 4.63. The molecule has 1 aliphatic rings. The Morgan fingerprint density at radius 3 is 3.11 bits per heavy atom. The summed E-state index contributed by atoms with van der Waals surface area (Å²) in [5.74, 6) is 0.645. The smallest absolute Gasteiger partial charge is 0.237 e. The van der Waals surface area contributed by atoms with Gasteiger partial charge in [-0.2, -0.15) is 0 Å². The highest BCUT2D eigenvalue weighted by molar-refractivity contribution is 5.81. The van der Waals surface area contributed by atoms with Gasteiger partial charge in [0.05, 0.1) is 13.2 Å². The van der Waals surface area contributed by atoms with Gasteiger partial charge in [-0.15, -0.1) is 0 Å². The molecule has 5 heteroatoms. The minimum atomic E-state index is -0.137. The second-order valence-electron chi connectivity index (χ2n) is 4.73. The zero-order valence-electron chi connectivity index (χ0n) is 11.1. The van der Waals surface area contributed by atoms with Gasteiger partial charge in [-0.3, -0.25) is 4.79 Å². The fourth-order valence-corrected chi connectivity index (χ4v) is 2.21. The van der Waals surface area contributed by atoms with Gasteiger partial charge >= 0.3 is 0 Å². The SMILES string of the molecule is COc1cc(CNC2CCCCNC2=O)ccc1O. The molecule has 1 heterocycles. The van der Waals surface area contributed by atoms with Crippen molar-refractivity contribution in [2.75, 3.05) is 13.7 Å². The normalized spacial score (nSPS) is 19.6. The maximum Gasteiger partial charge on any atom is 0.237 e. The minimum Gasteiger partial charge on any atom is -0.504 e. The topological polar surface area (TPSA) is 70.6 Å². The Balaban J connectivity index is 1.95. The second kappa shape index (κ2) is 6.43. The summed E-state index contributed by atoms with van der Waals surface area (Å²) in [5, 5.41) is 15.7. The molecule has 104 valence electrons. The van der Waals surface area contributed by atoms with Crippen molar-refractivity contribution in [3.63, 3.8) is 0 Å². The van der Waals surface area contributed by atoms with Crippen molar-refractivity contribution in [3.05, 3.63) is 23.8 Å². The van der Waals surface area contributed by atoms with Crippen molar-refractivity contribution in [2.24, 2.45) is 0 Å². The van der Waals surface area contributed by atoms with Crippen LogP contribution in [-0.2, 0) is 11.3 Å². The highest BCUT2D eigenvalue weighted by atomic mass is 16.5. The fourth-order valence-electron chi connectivity index (χ4n) is 2.21. The van der Waals surface area contributed by atoms with E-state index in [0.717, 1.165) is 31.4 Å². The van der Waals surface area contributed by atoms with Gasteiger partial charge in [0.15, 0.2) is 11.5 Å². The molecular formula is C14H20N2O3. The number of amides is 1. The van der Waals surface area contributed by atoms with Gasteiger partial charge in [0.1, 0.15) is 0 Å². The molecule has 0 saturated carbocycles. The first kappa shape index (κ1) is 13.7. The number of phenols is 1. The van der Waals surface area contributed by atoms with Crippen LogP contribution in [0, 0.1) is 0 Å². The van der Waals surface area contributed by atoms with Crippen molar-refractivity contribution in [1.29, 1.82) is 0 Å². The molecule has 1 unspecified atom stereocenters. The molecule has 1 amide bonds. The van der Waals surface area contributed by atoms with Crippen LogP contribution in [0.25, 0.3) is 0 Å². The number of hydrogen-bond acceptors (Lipinski definition) is 4. The van der Waals surface area contributed by atoms with E-state index in [-0.39, 0.29) is 17.7 Å². The average molecular weight is 264 g/mol. The van der Waals surface area contributed by atoms with Crippen molar-refractivity contribution < 1.29 is 14.6 Å². The number of phenolic OH excluding ortho intramolecular Hbond substituents is 1. The maximum absolute atomic E-state index is 11.8. The van der Waals surface area contributed by atoms with E-state index in [4.69, 9.17) is 4.74 Å². The van der Waals surface area contributed by atoms with E-state index in [2.05, 4.69) is 10.6 Å². The fraction of sp³-hybridized carbons (Fsp3) is 0.500. The number of benzene rings is 1. The zero-order valence-corrected chi connectivity index (χ0v) is 11.1. The number of carbonyl (C=O) groups is 1. The lowest BCUT2D eigenvalue weighted by Crippen LogP contribution is -2.42. The van der Waals surface area contributed by atoms with Gasteiger partial charge in [0, 0.05) is 13.1 Å². The molecule has 1 aromatic rings. The first-order chi connectivity index (χ1) is 9.20. The summed E-state index contributed by atoms with van der Waals surface area (Å²) in [6.45, 7) is 1.35. The number of rotatable bonds is 4. The predicted octanol–water partition coefficient (Wildman–Crippen LogP) is 1.16. The number of nitrogens with one attached hydrogen (secondary N) is 2. The van der Waals surface area contributed by atoms with Crippen LogP contribution in [0.5, 0.6) is 11.5 Å². The van der Waals surface area contributed by atoms with E-state index in [1.807, 2.05) is 6.07 Å². The van der Waals surface area contributed by atoms with Crippen LogP contribution in [0.2, 0.25) is 0 Å². The van der Waals surface area contributed by atoms with E-state index in [9.17, 15) is 9.90 Å². The van der Waals surface area contributed by atoms with Gasteiger partial charge in [-0.05, 0) is 37.0 Å². The highest BCUT2D eigenvalue weighted by Gasteiger charge is 2.19. The van der Waals surface area contributed by atoms with E-state index in [0.29, 0.717) is 12.3 Å². The molecule has 0 bridgehead atoms. The van der Waals surface area contributed by atoms with E-state index < -0.39 is 0 Å². The first-order valence-electron chi connectivity index (χ1n) is 6.57. The molecule has 1 fully saturated rings. The van der Waals surface area contributed by atoms with Crippen LogP contribution in [0.15, 0.2) is 18.2 Å². The summed E-state index contributed by atoms with van der Waals surface area (Å²) in [7, 11) is 1.52. The lowest BCUT2D eigenvalue weighted by atomic mass is 10.1. The summed E-state index contributed by atoms with van der Waals surface area (Å²) in [6.07, 6.45) is 2.95. The van der Waals surface area contributed by atoms with Crippen LogP contribution in [0.1, 0.15) is 24.8 Å². The molecule has 1 aliphatic heterocycles. The molecule has 0 aliphatic carbocycles. The largest absolute Gasteiger partial charge is 0.504 e. The van der Waals surface area contributed by atoms with Gasteiger partial charge in [-0.1, -0.05) is 6.07 Å². The Morgan fingerprint density at radius 1 is 1.47 bits per heavy atom. The van der Waals surface area contributed by atoms with Crippen molar-refractivity contribution >= 4 is 5.91 Å². The van der Waals surface area contributed by atoms with Gasteiger partial charge < -0.3 is 20.5 Å². The molecule has 5 nitrogen and oxygen atoms in total. The molecule has 1 aromatic carbocycles. The van der Waals surface area contributed by atoms with Crippen LogP contribution >= 0.6 is 0 Å². The molecule has 0 radical (unpaired) electrons. The maximum atomic E-state index is 11.8. The molecular weight excluding hydrogens is 244 g/mol. The number of methoxy groups -OCH3 is 1. The van der Waals surface area contributed by atoms with Crippen LogP contribution in [0.4, 0.5) is 0 Å². The van der Waals surface area contributed by atoms with Crippen molar-refractivity contribution in [1.82, 2.24) is 10.6 Å². The van der Waals surface area contributed by atoms with E-state index in [1.54, 1.807) is 12.1 Å². The number of ether oxygens (including phenoxy) is 1. The van der Waals surface area contributed by atoms with E-state index in [1.165, 1.54) is 7.11 Å². The molecule has 0 aromatic heterocycles. The van der Waals surface area contributed by atoms with E-state index >= 15 is 0 Å². The van der Waals surface area contributed by atoms with Crippen LogP contribution < -0.4 is 15.4 Å². The molecule has 2 rings (SSSR count). The summed E-state index contributed by atoms with van der Waals surface area (Å²) < 4.78 is 5.06. The van der Waals surface area contributed by atoms with Crippen LogP contribution in [0.3, 0.4) is 0 Å². The highest BCUT2D eigenvalue weighted by Crippen LogP contribution is 2.26. The zero-order chi connectivity index (χ0) is 13.7. The summed E-state index contributed by atoms with van der Waals surface area (Å²) in [4.78, 5) is 11.8.